The molecule has 0 aromatic heterocycles. The lowest BCUT2D eigenvalue weighted by Crippen LogP contribution is -2.32. The van der Waals surface area contributed by atoms with Gasteiger partial charge in [0.25, 0.3) is 0 Å². The molecule has 0 fully saturated rings. The van der Waals surface area contributed by atoms with Crippen LogP contribution in [0.4, 0.5) is 11.4 Å². The minimum absolute atomic E-state index is 0.215. The van der Waals surface area contributed by atoms with Crippen LogP contribution in [0.15, 0.2) is 48.5 Å². The highest BCUT2D eigenvalue weighted by Crippen LogP contribution is 2.16. The monoisotopic (exact) mass is 299 g/mol. The van der Waals surface area contributed by atoms with E-state index in [2.05, 4.69) is 10.6 Å². The number of benzene rings is 2. The van der Waals surface area contributed by atoms with Gasteiger partial charge in [-0.1, -0.05) is 23.7 Å². The predicted octanol–water partition coefficient (Wildman–Crippen LogP) is 3.65. The fourth-order valence-electron chi connectivity index (χ4n) is 1.79. The smallest absolute Gasteiger partial charge is 0.246 e. The van der Waals surface area contributed by atoms with Gasteiger partial charge in [0.15, 0.2) is 0 Å². The van der Waals surface area contributed by atoms with E-state index in [-0.39, 0.29) is 5.91 Å². The minimum atomic E-state index is -0.446. The van der Waals surface area contributed by atoms with Gasteiger partial charge in [0, 0.05) is 10.7 Å². The number of hydrogen-bond acceptors (Lipinski definition) is 3. The number of carbonyl (C=O) groups is 1. The van der Waals surface area contributed by atoms with Crippen LogP contribution in [0.3, 0.4) is 0 Å². The number of carbonyl (C=O) groups excluding carboxylic acids is 1. The molecule has 2 rings (SSSR count). The second kappa shape index (κ2) is 6.78. The van der Waals surface area contributed by atoms with Gasteiger partial charge in [-0.05, 0) is 43.3 Å². The summed E-state index contributed by atoms with van der Waals surface area (Å²) in [7, 11) is 0. The minimum Gasteiger partial charge on any atom is -0.374 e. The molecule has 0 spiro atoms. The molecule has 1 atom stereocenters. The molecule has 2 aromatic carbocycles. The van der Waals surface area contributed by atoms with Crippen molar-refractivity contribution < 1.29 is 4.79 Å². The maximum Gasteiger partial charge on any atom is 0.246 e. The first-order chi connectivity index (χ1) is 10.1. The Morgan fingerprint density at radius 3 is 2.52 bits per heavy atom. The molecule has 0 unspecified atom stereocenters. The number of para-hydroxylation sites is 1. The molecule has 0 heterocycles. The fourth-order valence-corrected chi connectivity index (χ4v) is 1.92. The van der Waals surface area contributed by atoms with Gasteiger partial charge in [-0.25, -0.2) is 0 Å². The highest BCUT2D eigenvalue weighted by molar-refractivity contribution is 6.30. The van der Waals surface area contributed by atoms with Crippen LogP contribution in [0.25, 0.3) is 0 Å². The molecule has 0 aliphatic carbocycles. The van der Waals surface area contributed by atoms with E-state index in [0.717, 1.165) is 5.69 Å². The van der Waals surface area contributed by atoms with Crippen molar-refractivity contribution >= 4 is 28.9 Å². The molecular formula is C16H14ClN3O. The van der Waals surface area contributed by atoms with Crippen LogP contribution in [0.5, 0.6) is 0 Å². The van der Waals surface area contributed by atoms with Crippen molar-refractivity contribution in [2.75, 3.05) is 10.6 Å². The molecule has 2 N–H and O–H groups in total. The summed E-state index contributed by atoms with van der Waals surface area (Å²) < 4.78 is 0. The molecule has 0 aliphatic heterocycles. The molecule has 0 saturated carbocycles. The summed E-state index contributed by atoms with van der Waals surface area (Å²) in [5.74, 6) is -0.215. The van der Waals surface area contributed by atoms with E-state index in [9.17, 15) is 4.79 Å². The molecule has 4 nitrogen and oxygen atoms in total. The molecule has 5 heteroatoms. The Labute approximate surface area is 128 Å². The Morgan fingerprint density at radius 1 is 1.19 bits per heavy atom. The number of amides is 1. The van der Waals surface area contributed by atoms with E-state index in [4.69, 9.17) is 16.9 Å². The van der Waals surface area contributed by atoms with E-state index in [0.29, 0.717) is 16.3 Å². The number of halogens is 1. The fraction of sp³-hybridized carbons (Fsp3) is 0.125. The first-order valence-electron chi connectivity index (χ1n) is 6.42. The third-order valence-corrected chi connectivity index (χ3v) is 3.18. The normalized spacial score (nSPS) is 11.3. The van der Waals surface area contributed by atoms with Crippen molar-refractivity contribution in [2.45, 2.75) is 13.0 Å². The van der Waals surface area contributed by atoms with E-state index >= 15 is 0 Å². The summed E-state index contributed by atoms with van der Waals surface area (Å²) in [6, 6.07) is 15.6. The van der Waals surface area contributed by atoms with Crippen LogP contribution in [0.1, 0.15) is 12.5 Å². The van der Waals surface area contributed by atoms with Crippen LogP contribution >= 0.6 is 11.6 Å². The highest BCUT2D eigenvalue weighted by Gasteiger charge is 2.14. The lowest BCUT2D eigenvalue weighted by atomic mass is 10.2. The number of hydrogen-bond donors (Lipinski definition) is 2. The lowest BCUT2D eigenvalue weighted by molar-refractivity contribution is -0.116. The van der Waals surface area contributed by atoms with Gasteiger partial charge in [0.05, 0.1) is 11.3 Å². The molecule has 1 amide bonds. The SMILES string of the molecule is C[C@H](Nc1ccc(Cl)cc1)C(=O)Nc1ccccc1C#N. The van der Waals surface area contributed by atoms with Crippen molar-refractivity contribution in [3.63, 3.8) is 0 Å². The average molecular weight is 300 g/mol. The first-order valence-corrected chi connectivity index (χ1v) is 6.80. The second-order valence-electron chi connectivity index (χ2n) is 4.52. The Kier molecular flexibility index (Phi) is 4.81. The quantitative estimate of drug-likeness (QED) is 0.905. The molecule has 106 valence electrons. The predicted molar refractivity (Wildman–Crippen MR) is 84.3 cm³/mol. The van der Waals surface area contributed by atoms with Gasteiger partial charge < -0.3 is 10.6 Å². The molecule has 0 bridgehead atoms. The van der Waals surface area contributed by atoms with Crippen molar-refractivity contribution in [2.24, 2.45) is 0 Å². The summed E-state index contributed by atoms with van der Waals surface area (Å²) in [6.07, 6.45) is 0. The Bertz CT molecular complexity index is 677. The van der Waals surface area contributed by atoms with Crippen molar-refractivity contribution in [3.05, 3.63) is 59.1 Å². The van der Waals surface area contributed by atoms with E-state index < -0.39 is 6.04 Å². The Hall–Kier alpha value is -2.51. The molecule has 2 aromatic rings. The Morgan fingerprint density at radius 2 is 1.86 bits per heavy atom. The van der Waals surface area contributed by atoms with Crippen LogP contribution in [-0.2, 0) is 4.79 Å². The largest absolute Gasteiger partial charge is 0.374 e. The van der Waals surface area contributed by atoms with E-state index in [1.165, 1.54) is 0 Å². The number of nitrogens with zero attached hydrogens (tertiary/aromatic N) is 1. The molecule has 21 heavy (non-hydrogen) atoms. The van der Waals surface area contributed by atoms with Gasteiger partial charge in [-0.15, -0.1) is 0 Å². The maximum absolute atomic E-state index is 12.1. The van der Waals surface area contributed by atoms with E-state index in [1.807, 2.05) is 6.07 Å². The molecule has 0 aliphatic rings. The molecular weight excluding hydrogens is 286 g/mol. The summed E-state index contributed by atoms with van der Waals surface area (Å²) in [5, 5.41) is 15.5. The zero-order chi connectivity index (χ0) is 15.2. The zero-order valence-corrected chi connectivity index (χ0v) is 12.2. The number of anilines is 2. The van der Waals surface area contributed by atoms with Crippen LogP contribution in [0.2, 0.25) is 5.02 Å². The number of rotatable bonds is 4. The van der Waals surface area contributed by atoms with Gasteiger partial charge >= 0.3 is 0 Å². The average Bonchev–Trinajstić information content (AvgIpc) is 2.50. The molecule has 0 saturated heterocycles. The summed E-state index contributed by atoms with van der Waals surface area (Å²) in [6.45, 7) is 1.75. The summed E-state index contributed by atoms with van der Waals surface area (Å²) >= 11 is 5.81. The Balaban J connectivity index is 2.03. The van der Waals surface area contributed by atoms with Crippen LogP contribution in [0, 0.1) is 11.3 Å². The first kappa shape index (κ1) is 14.9. The van der Waals surface area contributed by atoms with Gasteiger partial charge in [0.2, 0.25) is 5.91 Å². The number of nitrogens with one attached hydrogen (secondary N) is 2. The summed E-state index contributed by atoms with van der Waals surface area (Å²) in [5.41, 5.74) is 1.75. The van der Waals surface area contributed by atoms with E-state index in [1.54, 1.807) is 55.5 Å². The van der Waals surface area contributed by atoms with Crippen molar-refractivity contribution in [1.29, 1.82) is 5.26 Å². The zero-order valence-electron chi connectivity index (χ0n) is 11.4. The standard InChI is InChI=1S/C16H14ClN3O/c1-11(19-14-8-6-13(17)7-9-14)16(21)20-15-5-3-2-4-12(15)10-18/h2-9,11,19H,1H3,(H,20,21)/t11-/m0/s1. The molecule has 0 radical (unpaired) electrons. The van der Waals surface area contributed by atoms with Gasteiger partial charge in [-0.3, -0.25) is 4.79 Å². The third-order valence-electron chi connectivity index (χ3n) is 2.93. The van der Waals surface area contributed by atoms with Crippen LogP contribution < -0.4 is 10.6 Å². The lowest BCUT2D eigenvalue weighted by Gasteiger charge is -2.15. The number of nitriles is 1. The van der Waals surface area contributed by atoms with Crippen molar-refractivity contribution in [1.82, 2.24) is 0 Å². The maximum atomic E-state index is 12.1. The van der Waals surface area contributed by atoms with Crippen molar-refractivity contribution in [3.8, 4) is 6.07 Å². The summed E-state index contributed by atoms with van der Waals surface area (Å²) in [4.78, 5) is 12.1. The highest BCUT2D eigenvalue weighted by atomic mass is 35.5. The van der Waals surface area contributed by atoms with Gasteiger partial charge in [0.1, 0.15) is 12.1 Å². The second-order valence-corrected chi connectivity index (χ2v) is 4.96. The topological polar surface area (TPSA) is 64.9 Å². The van der Waals surface area contributed by atoms with Crippen LogP contribution in [-0.4, -0.2) is 11.9 Å². The van der Waals surface area contributed by atoms with Gasteiger partial charge in [-0.2, -0.15) is 5.26 Å². The third kappa shape index (κ3) is 3.98.